The molecule has 2 heterocycles. The summed E-state index contributed by atoms with van der Waals surface area (Å²) in [5, 5.41) is 5.28. The molecule has 2 fully saturated rings. The minimum Gasteiger partial charge on any atom is -0.352 e. The van der Waals surface area contributed by atoms with Crippen molar-refractivity contribution in [3.05, 3.63) is 35.4 Å². The first kappa shape index (κ1) is 17.9. The van der Waals surface area contributed by atoms with Crippen LogP contribution >= 0.6 is 0 Å². The van der Waals surface area contributed by atoms with Crippen molar-refractivity contribution in [1.29, 1.82) is 0 Å². The monoisotopic (exact) mass is 358 g/mol. The smallest absolute Gasteiger partial charge is 0.251 e. The van der Waals surface area contributed by atoms with Gasteiger partial charge in [-0.2, -0.15) is 0 Å². The van der Waals surface area contributed by atoms with Gasteiger partial charge in [-0.1, -0.05) is 17.7 Å². The second-order valence-corrected chi connectivity index (χ2v) is 6.53. The lowest BCUT2D eigenvalue weighted by Crippen LogP contribution is -2.66. The van der Waals surface area contributed by atoms with Crippen molar-refractivity contribution in [1.82, 2.24) is 20.4 Å². The van der Waals surface area contributed by atoms with E-state index in [-0.39, 0.29) is 49.7 Å². The minimum atomic E-state index is -0.615. The van der Waals surface area contributed by atoms with Gasteiger partial charge in [0.05, 0.1) is 13.1 Å². The van der Waals surface area contributed by atoms with Crippen LogP contribution in [0.2, 0.25) is 0 Å². The number of aryl methyl sites for hydroxylation is 1. The Labute approximate surface area is 151 Å². The van der Waals surface area contributed by atoms with E-state index >= 15 is 0 Å². The van der Waals surface area contributed by atoms with Gasteiger partial charge in [0, 0.05) is 31.6 Å². The second kappa shape index (κ2) is 7.55. The average Bonchev–Trinajstić information content (AvgIpc) is 2.65. The molecule has 0 saturated carbocycles. The molecule has 2 saturated heterocycles. The molecule has 0 aromatic heterocycles. The number of nitrogens with one attached hydrogen (secondary N) is 2. The van der Waals surface area contributed by atoms with E-state index in [0.29, 0.717) is 18.7 Å². The lowest BCUT2D eigenvalue weighted by molar-refractivity contribution is -0.152. The van der Waals surface area contributed by atoms with Crippen molar-refractivity contribution in [2.45, 2.75) is 19.4 Å². The maximum Gasteiger partial charge on any atom is 0.251 e. The number of nitrogens with zero attached hydrogens (tertiary/aromatic N) is 2. The predicted octanol–water partition coefficient (Wildman–Crippen LogP) is -0.716. The third kappa shape index (κ3) is 3.84. The molecule has 2 aliphatic heterocycles. The van der Waals surface area contributed by atoms with E-state index in [1.165, 1.54) is 4.90 Å². The van der Waals surface area contributed by atoms with Crippen LogP contribution in [0.25, 0.3) is 0 Å². The summed E-state index contributed by atoms with van der Waals surface area (Å²) in [5.74, 6) is -0.707. The number of hydrogen-bond donors (Lipinski definition) is 2. The van der Waals surface area contributed by atoms with Crippen LogP contribution in [0, 0.1) is 6.92 Å². The number of carbonyl (C=O) groups excluding carboxylic acids is 4. The van der Waals surface area contributed by atoms with Crippen LogP contribution in [0.1, 0.15) is 22.3 Å². The van der Waals surface area contributed by atoms with E-state index in [1.807, 2.05) is 19.1 Å². The molecular formula is C18H22N4O4. The Morgan fingerprint density at radius 1 is 1.19 bits per heavy atom. The highest BCUT2D eigenvalue weighted by Gasteiger charge is 2.39. The van der Waals surface area contributed by atoms with Crippen LogP contribution in [-0.4, -0.2) is 72.2 Å². The van der Waals surface area contributed by atoms with Gasteiger partial charge in [-0.25, -0.2) is 0 Å². The van der Waals surface area contributed by atoms with E-state index < -0.39 is 6.04 Å². The molecule has 0 aliphatic carbocycles. The van der Waals surface area contributed by atoms with Crippen LogP contribution in [0.15, 0.2) is 24.3 Å². The van der Waals surface area contributed by atoms with Gasteiger partial charge in [-0.3, -0.25) is 19.2 Å². The van der Waals surface area contributed by atoms with E-state index in [2.05, 4.69) is 10.6 Å². The molecule has 1 aromatic rings. The lowest BCUT2D eigenvalue weighted by atomic mass is 10.1. The molecule has 2 N–H and O–H groups in total. The predicted molar refractivity (Wildman–Crippen MR) is 93.2 cm³/mol. The SMILES string of the molecule is Cc1ccc(C(=O)NCCC(=O)N2CCN3C(=O)CNC(=O)[C@H]3C2)cc1. The Kier molecular flexibility index (Phi) is 5.20. The molecule has 8 heteroatoms. The Morgan fingerprint density at radius 2 is 1.92 bits per heavy atom. The van der Waals surface area contributed by atoms with Gasteiger partial charge in [-0.05, 0) is 19.1 Å². The van der Waals surface area contributed by atoms with Crippen molar-refractivity contribution in [3.8, 4) is 0 Å². The summed E-state index contributed by atoms with van der Waals surface area (Å²) in [5.41, 5.74) is 1.62. The molecule has 8 nitrogen and oxygen atoms in total. The maximum absolute atomic E-state index is 12.4. The van der Waals surface area contributed by atoms with E-state index in [1.54, 1.807) is 17.0 Å². The summed E-state index contributed by atoms with van der Waals surface area (Å²) in [6, 6.07) is 6.58. The summed E-state index contributed by atoms with van der Waals surface area (Å²) in [4.78, 5) is 51.3. The number of amides is 4. The van der Waals surface area contributed by atoms with Gasteiger partial charge in [0.15, 0.2) is 0 Å². The number of rotatable bonds is 4. The van der Waals surface area contributed by atoms with Crippen molar-refractivity contribution in [2.24, 2.45) is 0 Å². The highest BCUT2D eigenvalue weighted by molar-refractivity contribution is 5.96. The summed E-state index contributed by atoms with van der Waals surface area (Å²) in [7, 11) is 0. The summed E-state index contributed by atoms with van der Waals surface area (Å²) in [6.07, 6.45) is 0.153. The van der Waals surface area contributed by atoms with Crippen molar-refractivity contribution >= 4 is 23.6 Å². The van der Waals surface area contributed by atoms with Crippen LogP contribution in [0.4, 0.5) is 0 Å². The quantitative estimate of drug-likeness (QED) is 0.742. The van der Waals surface area contributed by atoms with Crippen molar-refractivity contribution in [2.75, 3.05) is 32.7 Å². The lowest BCUT2D eigenvalue weighted by Gasteiger charge is -2.42. The topological polar surface area (TPSA) is 98.8 Å². The highest BCUT2D eigenvalue weighted by atomic mass is 16.2. The van der Waals surface area contributed by atoms with E-state index in [0.717, 1.165) is 5.56 Å². The molecule has 0 bridgehead atoms. The first-order chi connectivity index (χ1) is 12.5. The number of hydrogen-bond acceptors (Lipinski definition) is 4. The molecule has 26 heavy (non-hydrogen) atoms. The second-order valence-electron chi connectivity index (χ2n) is 6.53. The van der Waals surface area contributed by atoms with E-state index in [4.69, 9.17) is 0 Å². The van der Waals surface area contributed by atoms with Gasteiger partial charge in [-0.15, -0.1) is 0 Å². The average molecular weight is 358 g/mol. The normalized spacial score (nSPS) is 19.7. The molecule has 0 spiro atoms. The zero-order valence-corrected chi connectivity index (χ0v) is 14.7. The first-order valence-corrected chi connectivity index (χ1v) is 8.65. The Balaban J connectivity index is 1.48. The standard InChI is InChI=1S/C18H22N4O4/c1-12-2-4-13(5-3-12)17(25)19-7-6-15(23)21-8-9-22-14(11-21)18(26)20-10-16(22)24/h2-5,14H,6-11H2,1H3,(H,19,25)(H,20,26)/t14-/m1/s1. The molecule has 0 radical (unpaired) electrons. The van der Waals surface area contributed by atoms with Crippen LogP contribution in [0.5, 0.6) is 0 Å². The molecule has 0 unspecified atom stereocenters. The zero-order valence-electron chi connectivity index (χ0n) is 14.7. The summed E-state index contributed by atoms with van der Waals surface area (Å²) < 4.78 is 0. The first-order valence-electron chi connectivity index (χ1n) is 8.65. The van der Waals surface area contributed by atoms with Crippen LogP contribution in [-0.2, 0) is 14.4 Å². The number of carbonyl (C=O) groups is 4. The summed E-state index contributed by atoms with van der Waals surface area (Å²) >= 11 is 0. The third-order valence-corrected chi connectivity index (χ3v) is 4.71. The summed E-state index contributed by atoms with van der Waals surface area (Å²) in [6.45, 7) is 3.15. The molecular weight excluding hydrogens is 336 g/mol. The Morgan fingerprint density at radius 3 is 2.65 bits per heavy atom. The molecule has 2 aliphatic rings. The number of piperazine rings is 2. The fourth-order valence-corrected chi connectivity index (χ4v) is 3.16. The minimum absolute atomic E-state index is 0.0221. The molecule has 1 aromatic carbocycles. The van der Waals surface area contributed by atoms with E-state index in [9.17, 15) is 19.2 Å². The highest BCUT2D eigenvalue weighted by Crippen LogP contribution is 2.14. The van der Waals surface area contributed by atoms with Crippen molar-refractivity contribution < 1.29 is 19.2 Å². The van der Waals surface area contributed by atoms with Gasteiger partial charge in [0.2, 0.25) is 17.7 Å². The Bertz CT molecular complexity index is 731. The number of fused-ring (bicyclic) bond motifs is 1. The largest absolute Gasteiger partial charge is 0.352 e. The fraction of sp³-hybridized carbons (Fsp3) is 0.444. The van der Waals surface area contributed by atoms with Crippen LogP contribution < -0.4 is 10.6 Å². The molecule has 1 atom stereocenters. The molecule has 4 amide bonds. The van der Waals surface area contributed by atoms with Gasteiger partial charge >= 0.3 is 0 Å². The fourth-order valence-electron chi connectivity index (χ4n) is 3.16. The Hall–Kier alpha value is -2.90. The van der Waals surface area contributed by atoms with Gasteiger partial charge in [0.1, 0.15) is 6.04 Å². The third-order valence-electron chi connectivity index (χ3n) is 4.71. The molecule has 138 valence electrons. The maximum atomic E-state index is 12.4. The zero-order chi connectivity index (χ0) is 18.7. The molecule has 3 rings (SSSR count). The van der Waals surface area contributed by atoms with Gasteiger partial charge in [0.25, 0.3) is 5.91 Å². The van der Waals surface area contributed by atoms with Gasteiger partial charge < -0.3 is 20.4 Å². The number of benzene rings is 1. The van der Waals surface area contributed by atoms with Crippen molar-refractivity contribution in [3.63, 3.8) is 0 Å². The van der Waals surface area contributed by atoms with Crippen LogP contribution in [0.3, 0.4) is 0 Å².